The number of ether oxygens (including phenoxy) is 1. The van der Waals surface area contributed by atoms with Gasteiger partial charge in [-0.25, -0.2) is 22.8 Å². The van der Waals surface area contributed by atoms with Crippen molar-refractivity contribution < 1.29 is 17.5 Å². The van der Waals surface area contributed by atoms with Gasteiger partial charge in [0.15, 0.2) is 11.6 Å². The Morgan fingerprint density at radius 2 is 1.95 bits per heavy atom. The molecule has 0 unspecified atom stereocenters. The highest BCUT2D eigenvalue weighted by Crippen LogP contribution is 2.29. The Morgan fingerprint density at radius 1 is 1.30 bits per heavy atom. The van der Waals surface area contributed by atoms with Crippen LogP contribution in [0.5, 0.6) is 5.75 Å². The smallest absolute Gasteiger partial charge is 0.262 e. The summed E-state index contributed by atoms with van der Waals surface area (Å²) in [6.07, 6.45) is 3.80. The molecule has 0 bridgehead atoms. The summed E-state index contributed by atoms with van der Waals surface area (Å²) in [4.78, 5) is 7.01. The minimum atomic E-state index is -3.99. The summed E-state index contributed by atoms with van der Waals surface area (Å²) in [7, 11) is -2.75. The Kier molecular flexibility index (Phi) is 3.70. The maximum absolute atomic E-state index is 13.7. The first kappa shape index (κ1) is 14.0. The number of anilines is 2. The second kappa shape index (κ2) is 5.29. The zero-order valence-corrected chi connectivity index (χ0v) is 11.2. The van der Waals surface area contributed by atoms with E-state index in [0.717, 1.165) is 12.1 Å². The third-order valence-electron chi connectivity index (χ3n) is 2.37. The van der Waals surface area contributed by atoms with Crippen LogP contribution < -0.4 is 15.2 Å². The van der Waals surface area contributed by atoms with Crippen molar-refractivity contribution in [2.45, 2.75) is 4.90 Å². The van der Waals surface area contributed by atoms with Crippen LogP contribution in [0.25, 0.3) is 0 Å². The summed E-state index contributed by atoms with van der Waals surface area (Å²) in [6.45, 7) is 0. The van der Waals surface area contributed by atoms with E-state index in [2.05, 4.69) is 14.7 Å². The lowest BCUT2D eigenvalue weighted by Gasteiger charge is -2.10. The molecular weight excluding hydrogens is 287 g/mol. The third kappa shape index (κ3) is 2.77. The van der Waals surface area contributed by atoms with E-state index in [1.165, 1.54) is 25.8 Å². The van der Waals surface area contributed by atoms with Crippen molar-refractivity contribution in [3.63, 3.8) is 0 Å². The van der Waals surface area contributed by atoms with Crippen molar-refractivity contribution in [1.29, 1.82) is 0 Å². The van der Waals surface area contributed by atoms with Gasteiger partial charge in [-0.05, 0) is 12.1 Å². The summed E-state index contributed by atoms with van der Waals surface area (Å²) in [5, 5.41) is 0. The fraction of sp³-hybridized carbons (Fsp3) is 0.0909. The fourth-order valence-corrected chi connectivity index (χ4v) is 2.60. The molecule has 20 heavy (non-hydrogen) atoms. The van der Waals surface area contributed by atoms with Gasteiger partial charge in [-0.3, -0.25) is 4.72 Å². The highest BCUT2D eigenvalue weighted by Gasteiger charge is 2.19. The molecule has 9 heteroatoms. The summed E-state index contributed by atoms with van der Waals surface area (Å²) in [5.41, 5.74) is 5.58. The topological polar surface area (TPSA) is 107 Å². The van der Waals surface area contributed by atoms with E-state index in [1.807, 2.05) is 0 Å². The van der Waals surface area contributed by atoms with Crippen LogP contribution >= 0.6 is 0 Å². The van der Waals surface area contributed by atoms with Gasteiger partial charge >= 0.3 is 0 Å². The van der Waals surface area contributed by atoms with Crippen molar-refractivity contribution in [2.24, 2.45) is 0 Å². The van der Waals surface area contributed by atoms with Crippen LogP contribution in [-0.4, -0.2) is 25.5 Å². The Bertz CT molecular complexity index is 699. The van der Waals surface area contributed by atoms with Gasteiger partial charge in [-0.2, -0.15) is 0 Å². The zero-order chi connectivity index (χ0) is 14.8. The Balaban J connectivity index is 2.40. The highest BCUT2D eigenvalue weighted by atomic mass is 32.2. The van der Waals surface area contributed by atoms with E-state index in [1.54, 1.807) is 0 Å². The summed E-state index contributed by atoms with van der Waals surface area (Å²) in [5.74, 6) is -1.07. The lowest BCUT2D eigenvalue weighted by atomic mass is 10.3. The Labute approximate surface area is 114 Å². The third-order valence-corrected chi connectivity index (χ3v) is 3.73. The average Bonchev–Trinajstić information content (AvgIpc) is 2.39. The highest BCUT2D eigenvalue weighted by molar-refractivity contribution is 7.92. The van der Waals surface area contributed by atoms with E-state index in [0.29, 0.717) is 0 Å². The number of hydrogen-bond acceptors (Lipinski definition) is 6. The van der Waals surface area contributed by atoms with Gasteiger partial charge < -0.3 is 10.5 Å². The minimum absolute atomic E-state index is 0.114. The normalized spacial score (nSPS) is 11.1. The van der Waals surface area contributed by atoms with Crippen molar-refractivity contribution in [3.05, 3.63) is 36.7 Å². The molecule has 2 aromatic rings. The van der Waals surface area contributed by atoms with Gasteiger partial charge in [0.1, 0.15) is 6.33 Å². The second-order valence-corrected chi connectivity index (χ2v) is 5.44. The number of rotatable bonds is 4. The quantitative estimate of drug-likeness (QED) is 0.816. The summed E-state index contributed by atoms with van der Waals surface area (Å²) < 4.78 is 44.7. The second-order valence-electron chi connectivity index (χ2n) is 3.76. The van der Waals surface area contributed by atoms with Gasteiger partial charge in [-0.15, -0.1) is 0 Å². The lowest BCUT2D eigenvalue weighted by Crippen LogP contribution is -2.14. The summed E-state index contributed by atoms with van der Waals surface area (Å²) in [6, 6.07) is 1.93. The van der Waals surface area contributed by atoms with Crippen molar-refractivity contribution >= 4 is 21.4 Å². The maximum Gasteiger partial charge on any atom is 0.262 e. The number of methoxy groups -OCH3 is 1. The minimum Gasteiger partial charge on any atom is -0.492 e. The lowest BCUT2D eigenvalue weighted by molar-refractivity contribution is 0.388. The first-order valence-corrected chi connectivity index (χ1v) is 6.83. The van der Waals surface area contributed by atoms with Gasteiger partial charge in [0.05, 0.1) is 35.8 Å². The van der Waals surface area contributed by atoms with E-state index in [4.69, 9.17) is 10.5 Å². The number of nitrogens with one attached hydrogen (secondary N) is 1. The van der Waals surface area contributed by atoms with Crippen LogP contribution in [0.15, 0.2) is 35.7 Å². The number of nitrogen functional groups attached to an aromatic ring is 1. The molecule has 1 aromatic heterocycles. The van der Waals surface area contributed by atoms with Gasteiger partial charge in [0.25, 0.3) is 10.0 Å². The van der Waals surface area contributed by atoms with E-state index < -0.39 is 15.8 Å². The van der Waals surface area contributed by atoms with Crippen LogP contribution in [0.1, 0.15) is 0 Å². The van der Waals surface area contributed by atoms with Crippen LogP contribution in [-0.2, 0) is 10.0 Å². The first-order chi connectivity index (χ1) is 9.44. The summed E-state index contributed by atoms with van der Waals surface area (Å²) >= 11 is 0. The molecule has 7 nitrogen and oxygen atoms in total. The van der Waals surface area contributed by atoms with E-state index >= 15 is 0 Å². The molecule has 0 saturated heterocycles. The molecule has 0 saturated carbocycles. The molecule has 1 heterocycles. The molecule has 0 amide bonds. The largest absolute Gasteiger partial charge is 0.492 e. The number of nitrogens with two attached hydrogens (primary N) is 1. The van der Waals surface area contributed by atoms with E-state index in [9.17, 15) is 12.8 Å². The van der Waals surface area contributed by atoms with Crippen molar-refractivity contribution in [1.82, 2.24) is 9.97 Å². The molecule has 0 aliphatic carbocycles. The monoisotopic (exact) mass is 298 g/mol. The van der Waals surface area contributed by atoms with Crippen LogP contribution in [0.4, 0.5) is 15.8 Å². The zero-order valence-electron chi connectivity index (χ0n) is 10.4. The van der Waals surface area contributed by atoms with Crippen LogP contribution in [0.2, 0.25) is 0 Å². The van der Waals surface area contributed by atoms with Gasteiger partial charge in [0.2, 0.25) is 0 Å². The molecule has 0 aliphatic heterocycles. The number of benzene rings is 1. The molecule has 106 valence electrons. The number of halogens is 1. The van der Waals surface area contributed by atoms with Gasteiger partial charge in [-0.1, -0.05) is 0 Å². The fourth-order valence-electron chi connectivity index (χ4n) is 1.53. The number of aromatic nitrogens is 2. The molecule has 0 radical (unpaired) electrons. The van der Waals surface area contributed by atoms with Crippen LogP contribution in [0.3, 0.4) is 0 Å². The molecule has 0 atom stereocenters. The predicted molar refractivity (Wildman–Crippen MR) is 70.2 cm³/mol. The Hall–Kier alpha value is -2.42. The number of sulfonamides is 1. The molecule has 2 rings (SSSR count). The number of nitrogens with zero attached hydrogens (tertiary/aromatic N) is 2. The molecule has 3 N–H and O–H groups in total. The Morgan fingerprint density at radius 3 is 2.50 bits per heavy atom. The predicted octanol–water partition coefficient (Wildman–Crippen LogP) is 1.01. The first-order valence-electron chi connectivity index (χ1n) is 5.35. The van der Waals surface area contributed by atoms with Gasteiger partial charge in [0, 0.05) is 0 Å². The standard InChI is InChI=1S/C11H11FN4O3S/c1-19-11-9(12)2-8(3-10(11)13)20(17,18)16-7-4-14-6-15-5-7/h2-6,16H,13H2,1H3. The maximum atomic E-state index is 13.7. The molecule has 0 fully saturated rings. The van der Waals surface area contributed by atoms with Crippen molar-refractivity contribution in [3.8, 4) is 5.75 Å². The molecule has 0 spiro atoms. The van der Waals surface area contributed by atoms with Crippen LogP contribution in [0, 0.1) is 5.82 Å². The average molecular weight is 298 g/mol. The van der Waals surface area contributed by atoms with Crippen molar-refractivity contribution in [2.75, 3.05) is 17.6 Å². The molecular formula is C11H11FN4O3S. The SMILES string of the molecule is COc1c(N)cc(S(=O)(=O)Nc2cncnc2)cc1F. The molecule has 0 aliphatic rings. The molecule has 1 aromatic carbocycles. The number of hydrogen-bond donors (Lipinski definition) is 2. The van der Waals surface area contributed by atoms with E-state index in [-0.39, 0.29) is 22.0 Å².